The monoisotopic (exact) mass is 818 g/mol. The molecule has 2 aliphatic carbocycles. The summed E-state index contributed by atoms with van der Waals surface area (Å²) in [5, 5.41) is 5.91. The first-order valence-electron chi connectivity index (χ1n) is 19.8. The zero-order valence-corrected chi connectivity index (χ0v) is 33.5. The van der Waals surface area contributed by atoms with Crippen LogP contribution in [0.25, 0.3) is 10.9 Å². The quantitative estimate of drug-likeness (QED) is 0.358. The van der Waals surface area contributed by atoms with Crippen LogP contribution in [-0.2, 0) is 41.7 Å². The maximum absolute atomic E-state index is 14.7. The number of aromatic nitrogens is 1. The van der Waals surface area contributed by atoms with Crippen molar-refractivity contribution in [1.29, 1.82) is 0 Å². The lowest BCUT2D eigenvalue weighted by molar-refractivity contribution is -0.418. The number of alkyl carbamates (subject to hydrolysis) is 1. The molecular formula is C40H51F3N5O8S+. The van der Waals surface area contributed by atoms with Crippen LogP contribution in [0.1, 0.15) is 102 Å². The van der Waals surface area contributed by atoms with Gasteiger partial charge in [0.1, 0.15) is 28.2 Å². The molecule has 5 atom stereocenters. The number of hydrogen-bond acceptors (Lipinski definition) is 9. The first kappa shape index (κ1) is 40.9. The maximum atomic E-state index is 14.7. The number of nitrogens with one attached hydrogen (secondary N) is 2. The van der Waals surface area contributed by atoms with E-state index in [-0.39, 0.29) is 56.9 Å². The topological polar surface area (TPSA) is 178 Å². The van der Waals surface area contributed by atoms with Crippen molar-refractivity contribution in [2.24, 2.45) is 11.8 Å². The number of benzene rings is 1. The molecule has 1 aromatic carbocycles. The highest BCUT2D eigenvalue weighted by Gasteiger charge is 2.66. The fourth-order valence-corrected chi connectivity index (χ4v) is 9.84. The molecule has 0 radical (unpaired) electrons. The van der Waals surface area contributed by atoms with Crippen LogP contribution in [0.3, 0.4) is 0 Å². The number of quaternary nitrogens is 1. The van der Waals surface area contributed by atoms with Crippen LogP contribution in [0.4, 0.5) is 18.0 Å². The number of pyridine rings is 1. The van der Waals surface area contributed by atoms with Gasteiger partial charge in [-0.1, -0.05) is 38.8 Å². The molecule has 17 heteroatoms. The summed E-state index contributed by atoms with van der Waals surface area (Å²) in [6, 6.07) is 1.10. The van der Waals surface area contributed by atoms with Crippen molar-refractivity contribution in [3.63, 3.8) is 0 Å². The molecule has 1 aromatic heterocycles. The van der Waals surface area contributed by atoms with Crippen LogP contribution in [0, 0.1) is 18.8 Å². The first-order valence-corrected chi connectivity index (χ1v) is 21.4. The van der Waals surface area contributed by atoms with Gasteiger partial charge in [0.15, 0.2) is 5.54 Å². The fourth-order valence-electron chi connectivity index (χ4n) is 8.39. The molecule has 2 saturated carbocycles. The number of aryl methyl sites for hydroxylation is 2. The summed E-state index contributed by atoms with van der Waals surface area (Å²) in [5.41, 5.74) is -2.19. The number of carbonyl (C=O) groups is 4. The van der Waals surface area contributed by atoms with Gasteiger partial charge in [-0.05, 0) is 89.3 Å². The number of nitrogens with two attached hydrogens (primary N) is 1. The van der Waals surface area contributed by atoms with Crippen LogP contribution < -0.4 is 20.1 Å². The van der Waals surface area contributed by atoms with Gasteiger partial charge in [0, 0.05) is 23.3 Å². The Morgan fingerprint density at radius 3 is 2.60 bits per heavy atom. The molecule has 13 nitrogen and oxygen atoms in total. The zero-order chi connectivity index (χ0) is 41.1. The minimum atomic E-state index is -4.58. The Hall–Kier alpha value is -4.25. The number of amides is 4. The number of sulfonamides is 1. The van der Waals surface area contributed by atoms with E-state index in [0.29, 0.717) is 47.8 Å². The van der Waals surface area contributed by atoms with Gasteiger partial charge in [-0.2, -0.15) is 26.3 Å². The average molecular weight is 819 g/mol. The molecule has 7 rings (SSSR count). The molecule has 310 valence electrons. The lowest BCUT2D eigenvalue weighted by atomic mass is 9.87. The molecule has 1 saturated heterocycles. The van der Waals surface area contributed by atoms with Gasteiger partial charge in [0.05, 0.1) is 29.9 Å². The van der Waals surface area contributed by atoms with E-state index in [1.807, 2.05) is 26.0 Å². The number of nitrogens with zero attached hydrogens (tertiary/aromatic N) is 2. The van der Waals surface area contributed by atoms with Gasteiger partial charge in [-0.25, -0.2) is 14.6 Å². The largest absolute Gasteiger partial charge is 0.483 e. The fraction of sp³-hybridized carbons (Fsp3) is 0.625. The summed E-state index contributed by atoms with van der Waals surface area (Å²) >= 11 is 0. The second-order valence-corrected chi connectivity index (χ2v) is 19.5. The molecule has 4 heterocycles. The van der Waals surface area contributed by atoms with E-state index in [4.69, 9.17) is 9.47 Å². The summed E-state index contributed by atoms with van der Waals surface area (Å²) < 4.78 is 79.6. The molecule has 2 aromatic rings. The number of halogens is 3. The van der Waals surface area contributed by atoms with E-state index in [1.165, 1.54) is 11.0 Å². The molecular weight excluding hydrogens is 768 g/mol. The van der Waals surface area contributed by atoms with Gasteiger partial charge in [-0.3, -0.25) is 9.59 Å². The second kappa shape index (κ2) is 14.8. The molecule has 4 amide bonds. The van der Waals surface area contributed by atoms with E-state index in [1.54, 1.807) is 13.8 Å². The van der Waals surface area contributed by atoms with Crippen molar-refractivity contribution in [1.82, 2.24) is 20.5 Å². The highest BCUT2D eigenvalue weighted by molar-refractivity contribution is 7.86. The number of rotatable bonds is 6. The molecule has 3 fully saturated rings. The second-order valence-electron chi connectivity index (χ2n) is 17.2. The highest BCUT2D eigenvalue weighted by atomic mass is 32.2. The van der Waals surface area contributed by atoms with Gasteiger partial charge in [0.25, 0.3) is 0 Å². The lowest BCUT2D eigenvalue weighted by Crippen LogP contribution is -2.96. The number of hydrogen-bond donors (Lipinski definition) is 3. The van der Waals surface area contributed by atoms with Gasteiger partial charge in [-0.15, -0.1) is 0 Å². The lowest BCUT2D eigenvalue weighted by Gasteiger charge is -2.37. The van der Waals surface area contributed by atoms with Crippen molar-refractivity contribution >= 4 is 44.7 Å². The number of primary amides is 1. The van der Waals surface area contributed by atoms with Crippen LogP contribution in [0.15, 0.2) is 30.4 Å². The average Bonchev–Trinajstić information content (AvgIpc) is 4.03. The summed E-state index contributed by atoms with van der Waals surface area (Å²) in [5.74, 6) is -2.10. The normalized spacial score (nSPS) is 28.7. The summed E-state index contributed by atoms with van der Waals surface area (Å²) in [6.07, 6.45) is 2.87. The van der Waals surface area contributed by atoms with Gasteiger partial charge in [0.2, 0.25) is 11.8 Å². The van der Waals surface area contributed by atoms with Crippen LogP contribution in [0.5, 0.6) is 5.75 Å². The van der Waals surface area contributed by atoms with Crippen molar-refractivity contribution in [2.75, 3.05) is 13.2 Å². The molecule has 5 aliphatic rings. The maximum Gasteiger partial charge on any atom is 0.416 e. The summed E-state index contributed by atoms with van der Waals surface area (Å²) in [4.78, 5) is 62.1. The van der Waals surface area contributed by atoms with Gasteiger partial charge < -0.3 is 25.0 Å². The van der Waals surface area contributed by atoms with Crippen LogP contribution in [-0.4, -0.2) is 83.2 Å². The molecule has 3 aliphatic heterocycles. The molecule has 57 heavy (non-hydrogen) atoms. The summed E-state index contributed by atoms with van der Waals surface area (Å²) in [7, 11) is -3.92. The number of primary sulfonamides is 1. The number of alkyl halides is 3. The molecule has 4 N–H and O–H groups in total. The van der Waals surface area contributed by atoms with Crippen molar-refractivity contribution < 1.29 is 55.0 Å². The molecule has 5 unspecified atom stereocenters. The number of fused-ring (bicyclic) bond motifs is 5. The Morgan fingerprint density at radius 2 is 1.89 bits per heavy atom. The predicted octanol–water partition coefficient (Wildman–Crippen LogP) is 4.35. The minimum absolute atomic E-state index is 0.0422. The summed E-state index contributed by atoms with van der Waals surface area (Å²) in [6.45, 7) is 7.05. The Bertz CT molecular complexity index is 2120. The minimum Gasteiger partial charge on any atom is -0.483 e. The molecule has 1 spiro atoms. The highest BCUT2D eigenvalue weighted by Crippen LogP contribution is 2.48. The van der Waals surface area contributed by atoms with Gasteiger partial charge >= 0.3 is 28.2 Å². The Labute approximate surface area is 329 Å². The Morgan fingerprint density at radius 1 is 1.14 bits per heavy atom. The van der Waals surface area contributed by atoms with Crippen molar-refractivity contribution in [3.8, 4) is 5.75 Å². The number of allylic oxidation sites excluding steroid dienone is 1. The third-order valence-electron chi connectivity index (χ3n) is 12.2. The third kappa shape index (κ3) is 8.10. The SMILES string of the molecule is Cc1nc2ccc(C(F)(F)F)cc2c2c1OC1(CC2)CC2C(=O)NC3(C(=O)[NH2+]S(=O)(=O)C4(C)CC4)CC3C=CCCCCCC(NC(=O)OCC(C)C)C(=O)N2C1. The number of ether oxygens (including phenoxy) is 2. The Balaban J connectivity index is 1.24. The van der Waals surface area contributed by atoms with E-state index >= 15 is 0 Å². The van der Waals surface area contributed by atoms with Crippen LogP contribution >= 0.6 is 0 Å². The standard InChI is InChI=1S/C40H50F3N5O8S/c1-23(2)21-55-36(52)45-30-11-9-7-5-6-8-10-26-19-39(26,35(51)47-57(53,54)37(4)16-17-37)46-33(49)31-20-38(22-48(31)34(30)50)15-14-27-28-18-25(40(41,42)43)12-13-29(28)44-24(3)32(27)56-38/h8,10,12-13,18,23,26,30-31H,5-7,9,11,14-17,19-22H2,1-4H3,(H,45,52)(H,46,49)(H,47,51)/p+1. The van der Waals surface area contributed by atoms with E-state index < -0.39 is 79.5 Å². The first-order chi connectivity index (χ1) is 26.8. The molecule has 0 bridgehead atoms. The number of carbonyl (C=O) groups excluding carboxylic acids is 4. The zero-order valence-electron chi connectivity index (χ0n) is 32.7. The predicted molar refractivity (Wildman–Crippen MR) is 201 cm³/mol. The van der Waals surface area contributed by atoms with E-state index in [2.05, 4.69) is 15.6 Å². The van der Waals surface area contributed by atoms with Crippen molar-refractivity contribution in [3.05, 3.63) is 47.2 Å². The Kier molecular flexibility index (Phi) is 10.7. The smallest absolute Gasteiger partial charge is 0.416 e. The van der Waals surface area contributed by atoms with Crippen molar-refractivity contribution in [2.45, 2.75) is 132 Å². The van der Waals surface area contributed by atoms with E-state index in [9.17, 15) is 40.8 Å². The van der Waals surface area contributed by atoms with E-state index in [0.717, 1.165) is 29.7 Å². The third-order valence-corrected chi connectivity index (χ3v) is 14.6. The van der Waals surface area contributed by atoms with Crippen LogP contribution in [0.2, 0.25) is 0 Å².